The van der Waals surface area contributed by atoms with Crippen LogP contribution in [0.4, 0.5) is 0 Å². The number of hydrogen-bond donors (Lipinski definition) is 1. The van der Waals surface area contributed by atoms with E-state index >= 15 is 0 Å². The quantitative estimate of drug-likeness (QED) is 0.803. The van der Waals surface area contributed by atoms with Crippen LogP contribution in [0.25, 0.3) is 5.65 Å². The van der Waals surface area contributed by atoms with E-state index in [0.29, 0.717) is 6.54 Å². The number of aromatic nitrogens is 2. The molecule has 2 heterocycles. The van der Waals surface area contributed by atoms with Crippen molar-refractivity contribution in [2.75, 3.05) is 6.54 Å². The van der Waals surface area contributed by atoms with Crippen LogP contribution in [0.2, 0.25) is 0 Å². The molecule has 122 valence electrons. The number of amides is 1. The van der Waals surface area contributed by atoms with Crippen LogP contribution in [-0.4, -0.2) is 21.8 Å². The summed E-state index contributed by atoms with van der Waals surface area (Å²) in [5.41, 5.74) is 5.45. The fourth-order valence-electron chi connectivity index (χ4n) is 3.39. The summed E-state index contributed by atoms with van der Waals surface area (Å²) < 4.78 is 2.00. The van der Waals surface area contributed by atoms with Crippen LogP contribution in [0.1, 0.15) is 40.0 Å². The first kappa shape index (κ1) is 14.9. The number of aryl methyl sites for hydroxylation is 2. The number of benzene rings is 1. The van der Waals surface area contributed by atoms with Crippen LogP contribution in [0, 0.1) is 0 Å². The number of fused-ring (bicyclic) bond motifs is 2. The average Bonchev–Trinajstić information content (AvgIpc) is 3.04. The molecular formula is C20H21N3O. The summed E-state index contributed by atoms with van der Waals surface area (Å²) in [6.45, 7) is 0.597. The Morgan fingerprint density at radius 3 is 2.88 bits per heavy atom. The summed E-state index contributed by atoms with van der Waals surface area (Å²) in [6.07, 6.45) is 9.46. The molecule has 0 atom stereocenters. The van der Waals surface area contributed by atoms with E-state index in [1.807, 2.05) is 41.1 Å². The van der Waals surface area contributed by atoms with Crippen molar-refractivity contribution in [3.8, 4) is 0 Å². The number of carbonyl (C=O) groups excluding carboxylic acids is 1. The molecule has 1 N–H and O–H groups in total. The van der Waals surface area contributed by atoms with Crippen molar-refractivity contribution in [3.63, 3.8) is 0 Å². The standard InChI is InChI=1S/C20H21N3O/c24-20(17-9-8-15-5-1-2-6-16(15)13-17)21-11-10-18-14-23-12-4-3-7-19(23)22-18/h3-4,7-9,12-14H,1-2,5-6,10-11H2,(H,21,24). The predicted molar refractivity (Wildman–Crippen MR) is 94.3 cm³/mol. The molecule has 4 nitrogen and oxygen atoms in total. The molecule has 3 aromatic rings. The third-order valence-electron chi connectivity index (χ3n) is 4.69. The molecule has 0 bridgehead atoms. The Balaban J connectivity index is 1.38. The Labute approximate surface area is 141 Å². The second-order valence-electron chi connectivity index (χ2n) is 6.39. The molecule has 0 radical (unpaired) electrons. The third-order valence-corrected chi connectivity index (χ3v) is 4.69. The van der Waals surface area contributed by atoms with Gasteiger partial charge in [-0.2, -0.15) is 0 Å². The van der Waals surface area contributed by atoms with Gasteiger partial charge in [-0.25, -0.2) is 4.98 Å². The van der Waals surface area contributed by atoms with E-state index in [2.05, 4.69) is 22.4 Å². The predicted octanol–water partition coefficient (Wildman–Crippen LogP) is 3.19. The maximum absolute atomic E-state index is 12.4. The van der Waals surface area contributed by atoms with Gasteiger partial charge >= 0.3 is 0 Å². The zero-order valence-corrected chi connectivity index (χ0v) is 13.7. The van der Waals surface area contributed by atoms with E-state index < -0.39 is 0 Å². The van der Waals surface area contributed by atoms with E-state index in [-0.39, 0.29) is 5.91 Å². The number of rotatable bonds is 4. The number of carbonyl (C=O) groups is 1. The average molecular weight is 319 g/mol. The van der Waals surface area contributed by atoms with Gasteiger partial charge < -0.3 is 9.72 Å². The highest BCUT2D eigenvalue weighted by atomic mass is 16.1. The van der Waals surface area contributed by atoms with Crippen molar-refractivity contribution >= 4 is 11.6 Å². The van der Waals surface area contributed by atoms with Gasteiger partial charge in [0, 0.05) is 30.9 Å². The fourth-order valence-corrected chi connectivity index (χ4v) is 3.39. The largest absolute Gasteiger partial charge is 0.352 e. The molecule has 2 aromatic heterocycles. The first-order valence-electron chi connectivity index (χ1n) is 8.62. The normalized spacial score (nSPS) is 13.7. The third kappa shape index (κ3) is 3.04. The number of imidazole rings is 1. The SMILES string of the molecule is O=C(NCCc1cn2ccccc2n1)c1ccc2c(c1)CCCC2. The lowest BCUT2D eigenvalue weighted by Crippen LogP contribution is -2.26. The van der Waals surface area contributed by atoms with Gasteiger partial charge in [0.25, 0.3) is 5.91 Å². The van der Waals surface area contributed by atoms with E-state index in [4.69, 9.17) is 0 Å². The lowest BCUT2D eigenvalue weighted by Gasteiger charge is -2.16. The molecule has 1 aliphatic carbocycles. The Morgan fingerprint density at radius 1 is 1.12 bits per heavy atom. The van der Waals surface area contributed by atoms with Gasteiger partial charge in [-0.15, -0.1) is 0 Å². The molecule has 1 amide bonds. The van der Waals surface area contributed by atoms with Crippen LogP contribution in [0.5, 0.6) is 0 Å². The number of pyridine rings is 1. The topological polar surface area (TPSA) is 46.4 Å². The second-order valence-corrected chi connectivity index (χ2v) is 6.39. The van der Waals surface area contributed by atoms with Crippen LogP contribution >= 0.6 is 0 Å². The molecule has 0 fully saturated rings. The van der Waals surface area contributed by atoms with Crippen molar-refractivity contribution in [2.45, 2.75) is 32.1 Å². The van der Waals surface area contributed by atoms with Gasteiger partial charge in [0.05, 0.1) is 5.69 Å². The molecular weight excluding hydrogens is 298 g/mol. The van der Waals surface area contributed by atoms with Gasteiger partial charge in [-0.05, 0) is 61.1 Å². The minimum Gasteiger partial charge on any atom is -0.352 e. The van der Waals surface area contributed by atoms with Gasteiger partial charge in [-0.3, -0.25) is 4.79 Å². The summed E-state index contributed by atoms with van der Waals surface area (Å²) in [4.78, 5) is 16.9. The molecule has 1 aliphatic rings. The zero-order chi connectivity index (χ0) is 16.4. The van der Waals surface area contributed by atoms with Crippen molar-refractivity contribution in [1.82, 2.24) is 14.7 Å². The Hall–Kier alpha value is -2.62. The fraction of sp³-hybridized carbons (Fsp3) is 0.300. The summed E-state index contributed by atoms with van der Waals surface area (Å²) >= 11 is 0. The molecule has 1 aromatic carbocycles. The first-order chi connectivity index (χ1) is 11.8. The summed E-state index contributed by atoms with van der Waals surface area (Å²) in [5.74, 6) is 0.00661. The molecule has 0 saturated heterocycles. The van der Waals surface area contributed by atoms with Gasteiger partial charge in [0.15, 0.2) is 0 Å². The van der Waals surface area contributed by atoms with E-state index in [1.54, 1.807) is 0 Å². The maximum atomic E-state index is 12.4. The first-order valence-corrected chi connectivity index (χ1v) is 8.62. The highest BCUT2D eigenvalue weighted by Crippen LogP contribution is 2.22. The second kappa shape index (κ2) is 6.48. The molecule has 4 heteroatoms. The molecule has 0 saturated carbocycles. The smallest absolute Gasteiger partial charge is 0.251 e. The minimum absolute atomic E-state index is 0.00661. The minimum atomic E-state index is 0.00661. The van der Waals surface area contributed by atoms with Crippen LogP contribution < -0.4 is 5.32 Å². The monoisotopic (exact) mass is 319 g/mol. The molecule has 4 rings (SSSR count). The molecule has 0 aliphatic heterocycles. The van der Waals surface area contributed by atoms with E-state index in [0.717, 1.165) is 36.2 Å². The molecule has 24 heavy (non-hydrogen) atoms. The van der Waals surface area contributed by atoms with Crippen LogP contribution in [0.15, 0.2) is 48.8 Å². The Morgan fingerprint density at radius 2 is 2.00 bits per heavy atom. The highest BCUT2D eigenvalue weighted by molar-refractivity contribution is 5.94. The lowest BCUT2D eigenvalue weighted by atomic mass is 9.90. The zero-order valence-electron chi connectivity index (χ0n) is 13.7. The van der Waals surface area contributed by atoms with Gasteiger partial charge in [-0.1, -0.05) is 12.1 Å². The molecule has 0 unspecified atom stereocenters. The number of hydrogen-bond acceptors (Lipinski definition) is 2. The number of nitrogens with one attached hydrogen (secondary N) is 1. The highest BCUT2D eigenvalue weighted by Gasteiger charge is 2.12. The van der Waals surface area contributed by atoms with Crippen LogP contribution in [-0.2, 0) is 19.3 Å². The van der Waals surface area contributed by atoms with E-state index in [1.165, 1.54) is 24.0 Å². The van der Waals surface area contributed by atoms with Gasteiger partial charge in [0.2, 0.25) is 0 Å². The maximum Gasteiger partial charge on any atom is 0.251 e. The van der Waals surface area contributed by atoms with Crippen molar-refractivity contribution in [1.29, 1.82) is 0 Å². The van der Waals surface area contributed by atoms with Crippen molar-refractivity contribution in [3.05, 3.63) is 71.2 Å². The Kier molecular flexibility index (Phi) is 4.03. The number of nitrogens with zero attached hydrogens (tertiary/aromatic N) is 2. The summed E-state index contributed by atoms with van der Waals surface area (Å²) in [7, 11) is 0. The Bertz CT molecular complexity index is 848. The summed E-state index contributed by atoms with van der Waals surface area (Å²) in [5, 5.41) is 3.01. The van der Waals surface area contributed by atoms with Crippen LogP contribution in [0.3, 0.4) is 0 Å². The van der Waals surface area contributed by atoms with Crippen molar-refractivity contribution in [2.24, 2.45) is 0 Å². The van der Waals surface area contributed by atoms with E-state index in [9.17, 15) is 4.79 Å². The van der Waals surface area contributed by atoms with Crippen molar-refractivity contribution < 1.29 is 4.79 Å². The molecule has 0 spiro atoms. The van der Waals surface area contributed by atoms with Gasteiger partial charge in [0.1, 0.15) is 5.65 Å². The lowest BCUT2D eigenvalue weighted by molar-refractivity contribution is 0.0954. The summed E-state index contributed by atoms with van der Waals surface area (Å²) in [6, 6.07) is 12.1.